The minimum atomic E-state index is -1.13. The van der Waals surface area contributed by atoms with Gasteiger partial charge in [0.2, 0.25) is 17.7 Å². The highest BCUT2D eigenvalue weighted by molar-refractivity contribution is 7.22. The number of aryl methyl sites for hydroxylation is 1. The molecule has 0 aliphatic carbocycles. The lowest BCUT2D eigenvalue weighted by molar-refractivity contribution is -0.135. The van der Waals surface area contributed by atoms with E-state index in [0.717, 1.165) is 81.4 Å². The molecule has 3 saturated heterocycles. The molecule has 0 bridgehead atoms. The summed E-state index contributed by atoms with van der Waals surface area (Å²) in [6, 6.07) is 29.0. The number of aromatic carboxylic acids is 1. The van der Waals surface area contributed by atoms with Crippen molar-refractivity contribution in [1.29, 1.82) is 0 Å². The predicted molar refractivity (Wildman–Crippen MR) is 284 cm³/mol. The van der Waals surface area contributed by atoms with Crippen LogP contribution < -0.4 is 25.2 Å². The van der Waals surface area contributed by atoms with E-state index in [0.29, 0.717) is 111 Å². The molecule has 1 atom stereocenters. The maximum absolute atomic E-state index is 13.7. The van der Waals surface area contributed by atoms with Gasteiger partial charge in [0.1, 0.15) is 11.6 Å². The van der Waals surface area contributed by atoms with E-state index in [9.17, 15) is 29.1 Å². The quantitative estimate of drug-likeness (QED) is 0.0967. The van der Waals surface area contributed by atoms with Crippen molar-refractivity contribution in [3.63, 3.8) is 0 Å². The zero-order chi connectivity index (χ0) is 51.0. The molecule has 11 rings (SSSR count). The minimum absolute atomic E-state index is 0.0509. The van der Waals surface area contributed by atoms with Gasteiger partial charge in [-0.3, -0.25) is 39.4 Å². The van der Waals surface area contributed by atoms with Gasteiger partial charge in [-0.1, -0.05) is 59.9 Å². The first kappa shape index (κ1) is 48.6. The molecule has 74 heavy (non-hydrogen) atoms. The van der Waals surface area contributed by atoms with E-state index in [-0.39, 0.29) is 29.3 Å². The Bertz CT molecular complexity index is 3300. The van der Waals surface area contributed by atoms with E-state index in [4.69, 9.17) is 14.8 Å². The second-order valence-electron chi connectivity index (χ2n) is 19.8. The van der Waals surface area contributed by atoms with Crippen molar-refractivity contribution < 1.29 is 33.8 Å². The monoisotopic (exact) mass is 1010 g/mol. The number of imide groups is 1. The summed E-state index contributed by atoms with van der Waals surface area (Å²) in [6.07, 6.45) is 4.22. The number of aromatic nitrogens is 4. The fourth-order valence-electron chi connectivity index (χ4n) is 11.2. The normalized spacial score (nSPS) is 17.6. The number of piperazine rings is 1. The van der Waals surface area contributed by atoms with Crippen molar-refractivity contribution >= 4 is 78.7 Å². The average Bonchev–Trinajstić information content (AvgIpc) is 3.99. The van der Waals surface area contributed by atoms with Crippen LogP contribution in [0, 0.1) is 12.8 Å². The molecule has 4 aliphatic heterocycles. The molecule has 3 N–H and O–H groups in total. The van der Waals surface area contributed by atoms with E-state index >= 15 is 0 Å². The lowest BCUT2D eigenvalue weighted by atomic mass is 9.92. The Labute approximate surface area is 432 Å². The SMILES string of the molecule is Cc1c(OCCC2CCN(CC(=O)N3CCN(c4cccc5c(C6CCC(=O)NC6=O)nn(C)c45)CC3)CC2)cccc1-c1ccc(N2CCc3cccc(C(=O)Nc4nc5ccccc5s4)c3C2)nc1C(=O)O. The number of anilines is 3. The number of carboxylic acid groups (broad SMARTS) is 1. The number of piperidine rings is 2. The molecule has 3 fully saturated rings. The molecule has 1 unspecified atom stereocenters. The van der Waals surface area contributed by atoms with Crippen molar-refractivity contribution in [1.82, 2.24) is 34.9 Å². The first-order valence-corrected chi connectivity index (χ1v) is 26.3. The third kappa shape index (κ3) is 9.78. The number of ether oxygens (including phenoxy) is 1. The van der Waals surface area contributed by atoms with Gasteiger partial charge in [0.05, 0.1) is 46.2 Å². The van der Waals surface area contributed by atoms with Crippen LogP contribution in [0.1, 0.15) is 81.3 Å². The van der Waals surface area contributed by atoms with Crippen molar-refractivity contribution in [3.05, 3.63) is 125 Å². The Morgan fingerprint density at radius 2 is 1.62 bits per heavy atom. The van der Waals surface area contributed by atoms with Gasteiger partial charge in [-0.25, -0.2) is 14.8 Å². The predicted octanol–water partition coefficient (Wildman–Crippen LogP) is 7.42. The van der Waals surface area contributed by atoms with Crippen molar-refractivity contribution in [2.75, 3.05) is 74.1 Å². The van der Waals surface area contributed by atoms with Crippen LogP contribution in [0.25, 0.3) is 32.2 Å². The number of nitrogens with one attached hydrogen (secondary N) is 2. The first-order chi connectivity index (χ1) is 35.9. The van der Waals surface area contributed by atoms with Crippen LogP contribution in [0.3, 0.4) is 0 Å². The number of rotatable bonds is 13. The molecular weight excluding hydrogens is 957 g/mol. The third-order valence-electron chi connectivity index (χ3n) is 15.3. The Morgan fingerprint density at radius 1 is 0.824 bits per heavy atom. The first-order valence-electron chi connectivity index (χ1n) is 25.5. The number of carbonyl (C=O) groups excluding carboxylic acids is 4. The van der Waals surface area contributed by atoms with Crippen LogP contribution in [0.5, 0.6) is 5.75 Å². The standard InChI is InChI=1S/C56H58N10O7S/c1-34-37(38-16-18-47(58-51(38)55(71)72)66-26-22-36-8-5-10-39(42(36)32-66)53(69)60-56-57-43-12-3-4-15-46(43)74-56)9-7-14-45(34)73-31-23-35-20-24-63(25-21-35)33-49(68)65-29-27-64(28-30-65)44-13-6-11-40-50(61-62(2)52(40)44)41-17-19-48(67)59-54(41)70/h3-16,18,35,41H,17,19-33H2,1-2H3,(H,71,72)(H,57,60,69)(H,59,67,70). The molecule has 7 heterocycles. The molecule has 380 valence electrons. The Kier molecular flexibility index (Phi) is 13.6. The van der Waals surface area contributed by atoms with E-state index in [2.05, 4.69) is 31.5 Å². The van der Waals surface area contributed by atoms with Gasteiger partial charge in [-0.15, -0.1) is 0 Å². The zero-order valence-electron chi connectivity index (χ0n) is 41.5. The van der Waals surface area contributed by atoms with E-state index in [1.165, 1.54) is 11.3 Å². The number of amides is 4. The number of thiazole rings is 1. The molecular formula is C56H58N10O7S. The molecule has 0 saturated carbocycles. The highest BCUT2D eigenvalue weighted by atomic mass is 32.1. The van der Waals surface area contributed by atoms with Gasteiger partial charge in [0.25, 0.3) is 5.91 Å². The summed E-state index contributed by atoms with van der Waals surface area (Å²) in [4.78, 5) is 82.5. The average molecular weight is 1020 g/mol. The van der Waals surface area contributed by atoms with Gasteiger partial charge >= 0.3 is 5.97 Å². The van der Waals surface area contributed by atoms with Crippen molar-refractivity contribution in [2.45, 2.75) is 57.9 Å². The van der Waals surface area contributed by atoms with E-state index in [1.807, 2.05) is 113 Å². The number of fused-ring (bicyclic) bond motifs is 3. The summed E-state index contributed by atoms with van der Waals surface area (Å²) < 4.78 is 9.21. The number of hydrogen-bond acceptors (Lipinski definition) is 13. The topological polar surface area (TPSA) is 195 Å². The molecule has 4 amide bonds. The van der Waals surface area contributed by atoms with Crippen molar-refractivity contribution in [3.8, 4) is 16.9 Å². The lowest BCUT2D eigenvalue weighted by Crippen LogP contribution is -2.52. The summed E-state index contributed by atoms with van der Waals surface area (Å²) in [7, 11) is 1.89. The van der Waals surface area contributed by atoms with Gasteiger partial charge in [0, 0.05) is 69.3 Å². The second-order valence-corrected chi connectivity index (χ2v) is 20.8. The van der Waals surface area contributed by atoms with Gasteiger partial charge in [-0.05, 0) is 123 Å². The number of carbonyl (C=O) groups is 5. The smallest absolute Gasteiger partial charge is 0.355 e. The molecule has 18 heteroatoms. The molecule has 4 aromatic carbocycles. The molecule has 0 spiro atoms. The number of nitrogens with zero attached hydrogens (tertiary/aromatic N) is 8. The second kappa shape index (κ2) is 20.7. The number of likely N-dealkylation sites (tertiary alicyclic amines) is 1. The van der Waals surface area contributed by atoms with Crippen LogP contribution in [0.4, 0.5) is 16.6 Å². The fraction of sp³-hybridized carbons (Fsp3) is 0.357. The summed E-state index contributed by atoms with van der Waals surface area (Å²) >= 11 is 1.43. The highest BCUT2D eigenvalue weighted by Crippen LogP contribution is 2.37. The number of pyridine rings is 1. The van der Waals surface area contributed by atoms with Crippen LogP contribution in [-0.4, -0.2) is 123 Å². The van der Waals surface area contributed by atoms with Crippen LogP contribution >= 0.6 is 11.3 Å². The summed E-state index contributed by atoms with van der Waals surface area (Å²) in [5.74, 6) is -0.555. The minimum Gasteiger partial charge on any atom is -0.493 e. The van der Waals surface area contributed by atoms with Gasteiger partial charge in [0.15, 0.2) is 10.8 Å². The molecule has 4 aliphatic rings. The van der Waals surface area contributed by atoms with Crippen LogP contribution in [0.15, 0.2) is 91.0 Å². The summed E-state index contributed by atoms with van der Waals surface area (Å²) in [5.41, 5.74) is 8.03. The number of carboxylic acids is 1. The molecule has 0 radical (unpaired) electrons. The number of benzene rings is 4. The Balaban J connectivity index is 0.663. The summed E-state index contributed by atoms with van der Waals surface area (Å²) in [5, 5.41) is 22.2. The maximum atomic E-state index is 13.7. The van der Waals surface area contributed by atoms with Crippen molar-refractivity contribution in [2.24, 2.45) is 13.0 Å². The number of para-hydroxylation sites is 2. The van der Waals surface area contributed by atoms with Crippen LogP contribution in [-0.2, 0) is 34.4 Å². The van der Waals surface area contributed by atoms with Gasteiger partial charge < -0.3 is 24.5 Å². The maximum Gasteiger partial charge on any atom is 0.355 e. The van der Waals surface area contributed by atoms with Crippen LogP contribution in [0.2, 0.25) is 0 Å². The van der Waals surface area contributed by atoms with E-state index in [1.54, 1.807) is 0 Å². The summed E-state index contributed by atoms with van der Waals surface area (Å²) in [6.45, 7) is 8.17. The highest BCUT2D eigenvalue weighted by Gasteiger charge is 2.34. The fourth-order valence-corrected chi connectivity index (χ4v) is 12.1. The largest absolute Gasteiger partial charge is 0.493 e. The zero-order valence-corrected chi connectivity index (χ0v) is 42.3. The molecule has 7 aromatic rings. The molecule has 17 nitrogen and oxygen atoms in total. The van der Waals surface area contributed by atoms with Gasteiger partial charge in [-0.2, -0.15) is 5.10 Å². The Hall–Kier alpha value is -7.70. The number of hydrogen-bond donors (Lipinski definition) is 3. The molecule has 3 aromatic heterocycles. The van der Waals surface area contributed by atoms with E-state index < -0.39 is 11.9 Å². The Morgan fingerprint density at radius 3 is 2.42 bits per heavy atom. The third-order valence-corrected chi connectivity index (χ3v) is 16.2. The lowest BCUT2D eigenvalue weighted by Gasteiger charge is -2.38.